The maximum absolute atomic E-state index is 12.9. The Kier molecular flexibility index (Phi) is 9.38. The van der Waals surface area contributed by atoms with Crippen LogP contribution in [-0.4, -0.2) is 29.2 Å². The van der Waals surface area contributed by atoms with E-state index in [9.17, 15) is 9.59 Å². The highest BCUT2D eigenvalue weighted by atomic mass is 35.5. The van der Waals surface area contributed by atoms with Gasteiger partial charge < -0.3 is 14.6 Å². The third-order valence-electron chi connectivity index (χ3n) is 8.00. The lowest BCUT2D eigenvalue weighted by Crippen LogP contribution is -2.22. The van der Waals surface area contributed by atoms with Crippen molar-refractivity contribution in [3.63, 3.8) is 0 Å². The Morgan fingerprint density at radius 1 is 0.950 bits per heavy atom. The number of unbranched alkanes of at least 4 members (excludes halogenated alkanes) is 6. The summed E-state index contributed by atoms with van der Waals surface area (Å²) < 4.78 is 6.61. The van der Waals surface area contributed by atoms with Crippen LogP contribution in [0.5, 0.6) is 0 Å². The molecule has 0 radical (unpaired) electrons. The number of esters is 1. The van der Waals surface area contributed by atoms with Gasteiger partial charge in [-0.25, -0.2) is 4.79 Å². The molecule has 40 heavy (non-hydrogen) atoms. The topological polar surface area (TPSA) is 73.2 Å². The zero-order chi connectivity index (χ0) is 27.9. The zero-order valence-corrected chi connectivity index (χ0v) is 24.1. The summed E-state index contributed by atoms with van der Waals surface area (Å²) in [5.41, 5.74) is 5.26. The molecule has 1 aliphatic carbocycles. The molecule has 7 heteroatoms. The molecule has 2 aromatic heterocycles. The minimum atomic E-state index is -0.416. The Hall–Kier alpha value is -3.38. The van der Waals surface area contributed by atoms with Crippen LogP contribution >= 0.6 is 11.6 Å². The van der Waals surface area contributed by atoms with Crippen molar-refractivity contribution >= 4 is 44.9 Å². The van der Waals surface area contributed by atoms with Crippen molar-refractivity contribution in [2.45, 2.75) is 77.2 Å². The number of carbonyl (C=O) groups is 1. The summed E-state index contributed by atoms with van der Waals surface area (Å²) in [5.74, 6) is -0.416. The first kappa shape index (κ1) is 28.2. The van der Waals surface area contributed by atoms with Gasteiger partial charge >= 0.3 is 5.97 Å². The molecule has 0 atom stereocenters. The van der Waals surface area contributed by atoms with Gasteiger partial charge in [-0.2, -0.15) is 0 Å². The molecule has 0 saturated carbocycles. The van der Waals surface area contributed by atoms with Gasteiger partial charge in [-0.05, 0) is 68.4 Å². The maximum atomic E-state index is 12.9. The van der Waals surface area contributed by atoms with E-state index >= 15 is 0 Å². The first-order valence-corrected chi connectivity index (χ1v) is 15.0. The smallest absolute Gasteiger partial charge is 0.339 e. The van der Waals surface area contributed by atoms with Crippen molar-refractivity contribution in [3.05, 3.63) is 80.9 Å². The van der Waals surface area contributed by atoms with Crippen LogP contribution < -0.4 is 10.9 Å². The second-order valence-electron chi connectivity index (χ2n) is 10.8. The lowest BCUT2D eigenvalue weighted by molar-refractivity contribution is 0.0602. The summed E-state index contributed by atoms with van der Waals surface area (Å²) in [4.78, 5) is 30.1. The summed E-state index contributed by atoms with van der Waals surface area (Å²) in [6.07, 6.45) is 14.1. The van der Waals surface area contributed by atoms with E-state index < -0.39 is 5.97 Å². The van der Waals surface area contributed by atoms with Crippen molar-refractivity contribution in [2.75, 3.05) is 19.0 Å². The predicted molar refractivity (Wildman–Crippen MR) is 164 cm³/mol. The lowest BCUT2D eigenvalue weighted by Gasteiger charge is -2.22. The maximum Gasteiger partial charge on any atom is 0.339 e. The molecule has 2 heterocycles. The number of aromatic nitrogens is 2. The van der Waals surface area contributed by atoms with Gasteiger partial charge in [0.25, 0.3) is 5.56 Å². The molecule has 5 rings (SSSR count). The van der Waals surface area contributed by atoms with E-state index in [2.05, 4.69) is 11.4 Å². The molecule has 0 unspecified atom stereocenters. The van der Waals surface area contributed by atoms with E-state index in [1.54, 1.807) is 22.9 Å². The Balaban J connectivity index is 1.06. The number of nitrogens with zero attached hydrogens (tertiary/aromatic N) is 2. The molecular formula is C33H38ClN3O3. The fourth-order valence-electron chi connectivity index (χ4n) is 5.89. The normalized spacial score (nSPS) is 12.9. The van der Waals surface area contributed by atoms with Crippen molar-refractivity contribution in [3.8, 4) is 0 Å². The molecule has 0 fully saturated rings. The number of halogens is 1. The number of pyridine rings is 2. The Morgan fingerprint density at radius 2 is 1.68 bits per heavy atom. The molecule has 210 valence electrons. The molecule has 4 aromatic rings. The van der Waals surface area contributed by atoms with Gasteiger partial charge in [0.15, 0.2) is 0 Å². The lowest BCUT2D eigenvalue weighted by atomic mass is 9.92. The summed E-state index contributed by atoms with van der Waals surface area (Å²) in [6.45, 7) is 1.56. The highest BCUT2D eigenvalue weighted by Gasteiger charge is 2.18. The van der Waals surface area contributed by atoms with Gasteiger partial charge in [0, 0.05) is 51.8 Å². The summed E-state index contributed by atoms with van der Waals surface area (Å²) in [5, 5.41) is 6.86. The van der Waals surface area contributed by atoms with Crippen LogP contribution in [0.2, 0.25) is 5.02 Å². The second kappa shape index (κ2) is 13.3. The van der Waals surface area contributed by atoms with Gasteiger partial charge in [-0.15, -0.1) is 0 Å². The predicted octanol–water partition coefficient (Wildman–Crippen LogP) is 7.71. The number of ether oxygens (including phenoxy) is 1. The zero-order valence-electron chi connectivity index (χ0n) is 23.3. The van der Waals surface area contributed by atoms with Crippen LogP contribution in [0.3, 0.4) is 0 Å². The number of fused-ring (bicyclic) bond motifs is 3. The van der Waals surface area contributed by atoms with Crippen molar-refractivity contribution < 1.29 is 9.53 Å². The largest absolute Gasteiger partial charge is 0.465 e. The minimum absolute atomic E-state index is 0.0536. The second-order valence-corrected chi connectivity index (χ2v) is 11.2. The molecule has 0 amide bonds. The summed E-state index contributed by atoms with van der Waals surface area (Å²) >= 11 is 6.25. The van der Waals surface area contributed by atoms with E-state index in [1.807, 2.05) is 24.3 Å². The van der Waals surface area contributed by atoms with Gasteiger partial charge in [-0.3, -0.25) is 9.78 Å². The molecule has 0 aliphatic heterocycles. The Bertz CT molecular complexity index is 1560. The van der Waals surface area contributed by atoms with Crippen LogP contribution in [0.4, 0.5) is 5.69 Å². The molecular weight excluding hydrogens is 522 g/mol. The van der Waals surface area contributed by atoms with Gasteiger partial charge in [0.05, 0.1) is 18.2 Å². The van der Waals surface area contributed by atoms with Crippen LogP contribution in [-0.2, 0) is 24.1 Å². The quantitative estimate of drug-likeness (QED) is 0.142. The summed E-state index contributed by atoms with van der Waals surface area (Å²) in [6, 6.07) is 13.3. The summed E-state index contributed by atoms with van der Waals surface area (Å²) in [7, 11) is 1.37. The van der Waals surface area contributed by atoms with Gasteiger partial charge in [-0.1, -0.05) is 61.9 Å². The highest BCUT2D eigenvalue weighted by molar-refractivity contribution is 6.31. The fraction of sp³-hybridized carbons (Fsp3) is 0.424. The Morgan fingerprint density at radius 3 is 2.48 bits per heavy atom. The number of aryl methyl sites for hydroxylation is 2. The van der Waals surface area contributed by atoms with E-state index in [0.717, 1.165) is 55.6 Å². The van der Waals surface area contributed by atoms with Gasteiger partial charge in [0.2, 0.25) is 0 Å². The molecule has 1 aliphatic rings. The fourth-order valence-corrected chi connectivity index (χ4v) is 6.05. The first-order chi connectivity index (χ1) is 19.6. The number of nitrogens with one attached hydrogen (secondary N) is 1. The number of hydrogen-bond acceptors (Lipinski definition) is 5. The van der Waals surface area contributed by atoms with Crippen molar-refractivity contribution in [2.24, 2.45) is 0 Å². The van der Waals surface area contributed by atoms with Crippen molar-refractivity contribution in [1.29, 1.82) is 0 Å². The molecule has 2 aromatic carbocycles. The highest BCUT2D eigenvalue weighted by Crippen LogP contribution is 2.34. The number of benzene rings is 2. The van der Waals surface area contributed by atoms with E-state index in [0.29, 0.717) is 22.9 Å². The average molecular weight is 560 g/mol. The van der Waals surface area contributed by atoms with Crippen LogP contribution in [0, 0.1) is 0 Å². The van der Waals surface area contributed by atoms with Crippen molar-refractivity contribution in [1.82, 2.24) is 9.55 Å². The van der Waals surface area contributed by atoms with Crippen LogP contribution in [0.1, 0.15) is 79.4 Å². The third-order valence-corrected chi connectivity index (χ3v) is 8.24. The van der Waals surface area contributed by atoms with Crippen LogP contribution in [0.15, 0.2) is 53.5 Å². The van der Waals surface area contributed by atoms with E-state index in [1.165, 1.54) is 61.5 Å². The third kappa shape index (κ3) is 6.33. The Labute approximate surface area is 240 Å². The molecule has 1 N–H and O–H groups in total. The first-order valence-electron chi connectivity index (χ1n) is 14.6. The van der Waals surface area contributed by atoms with Gasteiger partial charge in [0.1, 0.15) is 0 Å². The number of hydrogen-bond donors (Lipinski definition) is 1. The van der Waals surface area contributed by atoms with Crippen LogP contribution in [0.25, 0.3) is 21.7 Å². The number of carbonyl (C=O) groups excluding carboxylic acids is 1. The standard InChI is InChI=1S/C33H38ClN3O3/c1-40-33(39)28-22-37(32(38)25-14-8-7-13-24(25)28)20-12-6-4-2-3-5-11-19-35-31-26-15-9-10-16-29(26)36-30-21-23(34)17-18-27(30)31/h7-8,13-14,17-18,21-22H,2-6,9-12,15-16,19-20H2,1H3,(H,35,36). The minimum Gasteiger partial charge on any atom is -0.465 e. The van der Waals surface area contributed by atoms with E-state index in [-0.39, 0.29) is 5.56 Å². The number of rotatable bonds is 12. The average Bonchev–Trinajstić information content (AvgIpc) is 2.98. The SMILES string of the molecule is COC(=O)c1cn(CCCCCCCCCNc2c3c(nc4cc(Cl)ccc24)CCCC3)c(=O)c2ccccc12. The van der Waals surface area contributed by atoms with E-state index in [4.69, 9.17) is 21.3 Å². The number of anilines is 1. The molecule has 0 spiro atoms. The molecule has 0 bridgehead atoms. The number of methoxy groups -OCH3 is 1. The molecule has 0 saturated heterocycles. The monoisotopic (exact) mass is 559 g/mol. The molecule has 6 nitrogen and oxygen atoms in total.